The van der Waals surface area contributed by atoms with E-state index in [2.05, 4.69) is 15.9 Å². The van der Waals surface area contributed by atoms with Crippen LogP contribution in [0.15, 0.2) is 16.6 Å². The highest BCUT2D eigenvalue weighted by Crippen LogP contribution is 2.24. The van der Waals surface area contributed by atoms with E-state index in [1.165, 1.54) is 6.07 Å². The van der Waals surface area contributed by atoms with Crippen LogP contribution in [-0.2, 0) is 4.74 Å². The third-order valence-electron chi connectivity index (χ3n) is 1.69. The van der Waals surface area contributed by atoms with E-state index >= 15 is 0 Å². The average Bonchev–Trinajstić information content (AvgIpc) is 2.22. The molecule has 78 valence electrons. The average molecular weight is 272 g/mol. The molecule has 0 spiro atoms. The summed E-state index contributed by atoms with van der Waals surface area (Å²) < 4.78 is 17.8. The Morgan fingerprint density at radius 3 is 2.87 bits per heavy atom. The van der Waals surface area contributed by atoms with Crippen molar-refractivity contribution in [1.29, 1.82) is 5.26 Å². The van der Waals surface area contributed by atoms with Crippen molar-refractivity contribution >= 4 is 21.9 Å². The number of halogens is 2. The molecule has 15 heavy (non-hydrogen) atoms. The minimum atomic E-state index is -0.708. The van der Waals surface area contributed by atoms with E-state index in [0.717, 1.165) is 6.07 Å². The lowest BCUT2D eigenvalue weighted by molar-refractivity contribution is 0.0524. The number of esters is 1. The van der Waals surface area contributed by atoms with Gasteiger partial charge in [-0.15, -0.1) is 0 Å². The van der Waals surface area contributed by atoms with Gasteiger partial charge in [0.2, 0.25) is 0 Å². The third kappa shape index (κ3) is 2.34. The summed E-state index contributed by atoms with van der Waals surface area (Å²) in [7, 11) is 0. The predicted octanol–water partition coefficient (Wildman–Crippen LogP) is 2.64. The molecule has 5 heteroatoms. The number of nitriles is 1. The summed E-state index contributed by atoms with van der Waals surface area (Å²) in [4.78, 5) is 11.4. The molecular formula is C10H7BrFNO2. The van der Waals surface area contributed by atoms with Crippen molar-refractivity contribution in [2.45, 2.75) is 6.92 Å². The zero-order chi connectivity index (χ0) is 11.4. The van der Waals surface area contributed by atoms with Gasteiger partial charge in [0.25, 0.3) is 0 Å². The van der Waals surface area contributed by atoms with Gasteiger partial charge in [0.1, 0.15) is 11.9 Å². The Hall–Kier alpha value is -1.41. The largest absolute Gasteiger partial charge is 0.462 e. The van der Waals surface area contributed by atoms with Crippen LogP contribution in [-0.4, -0.2) is 12.6 Å². The van der Waals surface area contributed by atoms with E-state index < -0.39 is 11.8 Å². The molecule has 0 unspecified atom stereocenters. The van der Waals surface area contributed by atoms with Crippen LogP contribution in [0, 0.1) is 17.1 Å². The van der Waals surface area contributed by atoms with Crippen molar-refractivity contribution < 1.29 is 13.9 Å². The first-order valence-corrected chi connectivity index (χ1v) is 4.96. The number of ether oxygens (including phenoxy) is 1. The van der Waals surface area contributed by atoms with E-state index in [4.69, 9.17) is 10.00 Å². The fourth-order valence-corrected chi connectivity index (χ4v) is 1.55. The summed E-state index contributed by atoms with van der Waals surface area (Å²) in [6, 6.07) is 4.16. The first kappa shape index (κ1) is 11.7. The SMILES string of the molecule is CCOC(=O)c1c(C#N)ccc(F)c1Br. The van der Waals surface area contributed by atoms with Gasteiger partial charge in [-0.25, -0.2) is 9.18 Å². The lowest BCUT2D eigenvalue weighted by atomic mass is 10.1. The summed E-state index contributed by atoms with van der Waals surface area (Å²) in [6.45, 7) is 1.81. The van der Waals surface area contributed by atoms with Gasteiger partial charge >= 0.3 is 5.97 Å². The molecule has 0 aliphatic rings. The molecule has 0 N–H and O–H groups in total. The second kappa shape index (κ2) is 4.89. The summed E-state index contributed by atoms with van der Waals surface area (Å²) in [5.41, 5.74) is 0.0149. The van der Waals surface area contributed by atoms with Crippen LogP contribution in [0.5, 0.6) is 0 Å². The zero-order valence-electron chi connectivity index (χ0n) is 7.88. The molecule has 0 saturated heterocycles. The molecule has 0 bridgehead atoms. The molecule has 1 rings (SSSR count). The number of hydrogen-bond acceptors (Lipinski definition) is 3. The fourth-order valence-electron chi connectivity index (χ4n) is 1.05. The molecule has 0 radical (unpaired) electrons. The number of benzene rings is 1. The van der Waals surface area contributed by atoms with Gasteiger partial charge in [0.15, 0.2) is 0 Å². The molecule has 0 heterocycles. The van der Waals surface area contributed by atoms with E-state index in [0.29, 0.717) is 0 Å². The Kier molecular flexibility index (Phi) is 3.81. The van der Waals surface area contributed by atoms with Gasteiger partial charge in [-0.3, -0.25) is 0 Å². The Labute approximate surface area is 94.6 Å². The van der Waals surface area contributed by atoms with Crippen LogP contribution >= 0.6 is 15.9 Å². The summed E-state index contributed by atoms with van der Waals surface area (Å²) in [5, 5.41) is 8.75. The second-order valence-corrected chi connectivity index (χ2v) is 3.41. The molecule has 1 aromatic carbocycles. The van der Waals surface area contributed by atoms with Crippen LogP contribution in [0.4, 0.5) is 4.39 Å². The maximum atomic E-state index is 13.1. The van der Waals surface area contributed by atoms with Gasteiger partial charge in [-0.2, -0.15) is 5.26 Å². The van der Waals surface area contributed by atoms with E-state index in [1.54, 1.807) is 13.0 Å². The van der Waals surface area contributed by atoms with Gasteiger partial charge in [-0.1, -0.05) is 0 Å². The zero-order valence-corrected chi connectivity index (χ0v) is 9.47. The van der Waals surface area contributed by atoms with Crippen molar-refractivity contribution in [3.05, 3.63) is 33.5 Å². The van der Waals surface area contributed by atoms with Crippen LogP contribution in [0.25, 0.3) is 0 Å². The number of hydrogen-bond donors (Lipinski definition) is 0. The molecule has 0 aliphatic carbocycles. The Bertz CT molecular complexity index is 440. The molecule has 1 aromatic rings. The topological polar surface area (TPSA) is 50.1 Å². The minimum Gasteiger partial charge on any atom is -0.462 e. The van der Waals surface area contributed by atoms with Gasteiger partial charge in [0, 0.05) is 0 Å². The third-order valence-corrected chi connectivity index (χ3v) is 2.47. The molecule has 0 atom stereocenters. The lowest BCUT2D eigenvalue weighted by Gasteiger charge is -2.06. The Morgan fingerprint density at radius 2 is 2.33 bits per heavy atom. The van der Waals surface area contributed by atoms with E-state index in [1.807, 2.05) is 0 Å². The highest BCUT2D eigenvalue weighted by atomic mass is 79.9. The highest BCUT2D eigenvalue weighted by molar-refractivity contribution is 9.10. The summed E-state index contributed by atoms with van der Waals surface area (Å²) >= 11 is 2.92. The first-order chi connectivity index (χ1) is 7.11. The number of rotatable bonds is 2. The minimum absolute atomic E-state index is 0.0417. The van der Waals surface area contributed by atoms with Crippen molar-refractivity contribution in [3.63, 3.8) is 0 Å². The number of carbonyl (C=O) groups is 1. The molecule has 0 aliphatic heterocycles. The second-order valence-electron chi connectivity index (χ2n) is 2.62. The molecule has 0 saturated carbocycles. The van der Waals surface area contributed by atoms with Gasteiger partial charge in [0.05, 0.1) is 22.2 Å². The van der Waals surface area contributed by atoms with E-state index in [9.17, 15) is 9.18 Å². The molecule has 3 nitrogen and oxygen atoms in total. The van der Waals surface area contributed by atoms with Crippen molar-refractivity contribution in [2.75, 3.05) is 6.61 Å². The van der Waals surface area contributed by atoms with Crippen molar-refractivity contribution in [3.8, 4) is 6.07 Å². The number of carbonyl (C=O) groups excluding carboxylic acids is 1. The summed E-state index contributed by atoms with van der Waals surface area (Å²) in [5.74, 6) is -1.31. The van der Waals surface area contributed by atoms with E-state index in [-0.39, 0.29) is 22.2 Å². The number of nitrogens with zero attached hydrogens (tertiary/aromatic N) is 1. The standard InChI is InChI=1S/C10H7BrFNO2/c1-2-15-10(14)8-6(5-13)3-4-7(12)9(8)11/h3-4H,2H2,1H3. The van der Waals surface area contributed by atoms with Crippen LogP contribution in [0.2, 0.25) is 0 Å². The normalized spacial score (nSPS) is 9.47. The molecule has 0 amide bonds. The quantitative estimate of drug-likeness (QED) is 0.777. The smallest absolute Gasteiger partial charge is 0.340 e. The maximum absolute atomic E-state index is 13.1. The van der Waals surface area contributed by atoms with Gasteiger partial charge < -0.3 is 4.74 Å². The van der Waals surface area contributed by atoms with Crippen molar-refractivity contribution in [2.24, 2.45) is 0 Å². The fraction of sp³-hybridized carbons (Fsp3) is 0.200. The molecular weight excluding hydrogens is 265 g/mol. The van der Waals surface area contributed by atoms with Crippen molar-refractivity contribution in [1.82, 2.24) is 0 Å². The highest BCUT2D eigenvalue weighted by Gasteiger charge is 2.19. The Balaban J connectivity index is 3.31. The van der Waals surface area contributed by atoms with Gasteiger partial charge in [-0.05, 0) is 35.0 Å². The Morgan fingerprint density at radius 1 is 1.67 bits per heavy atom. The van der Waals surface area contributed by atoms with Crippen LogP contribution in [0.3, 0.4) is 0 Å². The molecule has 0 aromatic heterocycles. The maximum Gasteiger partial charge on any atom is 0.340 e. The lowest BCUT2D eigenvalue weighted by Crippen LogP contribution is -2.09. The van der Waals surface area contributed by atoms with Crippen LogP contribution in [0.1, 0.15) is 22.8 Å². The van der Waals surface area contributed by atoms with Crippen LogP contribution < -0.4 is 0 Å². The first-order valence-electron chi connectivity index (χ1n) is 4.17. The summed E-state index contributed by atoms with van der Waals surface area (Å²) in [6.07, 6.45) is 0. The molecule has 0 fully saturated rings. The predicted molar refractivity (Wildman–Crippen MR) is 54.8 cm³/mol. The monoisotopic (exact) mass is 271 g/mol.